The lowest BCUT2D eigenvalue weighted by molar-refractivity contribution is 0.0497. The SMILES string of the molecule is CCCCOc1c(C)c(COc2cccc(OCC3CCOCC3)c2)nc2ccc(-c3cncnc3)cc12. The van der Waals surface area contributed by atoms with Crippen molar-refractivity contribution in [2.75, 3.05) is 26.4 Å². The van der Waals surface area contributed by atoms with E-state index in [4.69, 9.17) is 23.9 Å². The third kappa shape index (κ3) is 6.40. The van der Waals surface area contributed by atoms with Gasteiger partial charge in [0.15, 0.2) is 0 Å². The number of hydrogen-bond acceptors (Lipinski definition) is 7. The summed E-state index contributed by atoms with van der Waals surface area (Å²) in [5.74, 6) is 2.97. The van der Waals surface area contributed by atoms with Gasteiger partial charge in [0.1, 0.15) is 30.2 Å². The number of ether oxygens (including phenoxy) is 4. The van der Waals surface area contributed by atoms with Crippen LogP contribution in [0.1, 0.15) is 43.9 Å². The molecule has 7 nitrogen and oxygen atoms in total. The number of unbranched alkanes of at least 4 members (excludes halogenated alkanes) is 1. The maximum atomic E-state index is 6.33. The van der Waals surface area contributed by atoms with E-state index in [1.165, 1.54) is 6.33 Å². The molecule has 0 amide bonds. The van der Waals surface area contributed by atoms with Crippen molar-refractivity contribution in [3.63, 3.8) is 0 Å². The fourth-order valence-electron chi connectivity index (χ4n) is 4.58. The number of benzene rings is 2. The quantitative estimate of drug-likeness (QED) is 0.210. The van der Waals surface area contributed by atoms with Crippen LogP contribution in [0.3, 0.4) is 0 Å². The zero-order chi connectivity index (χ0) is 26.2. The fourth-order valence-corrected chi connectivity index (χ4v) is 4.58. The van der Waals surface area contributed by atoms with E-state index in [1.807, 2.05) is 48.8 Å². The maximum Gasteiger partial charge on any atom is 0.133 e. The number of nitrogens with zero attached hydrogens (tertiary/aromatic N) is 3. The van der Waals surface area contributed by atoms with Gasteiger partial charge in [-0.05, 0) is 61.9 Å². The standard InChI is InChI=1S/C31H35N3O4/c1-3-4-12-36-31-22(2)30(34-29-9-8-24(15-28(29)31)25-17-32-21-33-18-25)20-38-27-7-5-6-26(16-27)37-19-23-10-13-35-14-11-23/h5-9,15-18,21,23H,3-4,10-14,19-20H2,1-2H3. The van der Waals surface area contributed by atoms with E-state index < -0.39 is 0 Å². The van der Waals surface area contributed by atoms with E-state index in [0.717, 1.165) is 89.4 Å². The van der Waals surface area contributed by atoms with E-state index in [1.54, 1.807) is 0 Å². The molecule has 1 saturated heterocycles. The molecule has 0 saturated carbocycles. The Morgan fingerprint density at radius 3 is 2.50 bits per heavy atom. The van der Waals surface area contributed by atoms with Crippen LogP contribution < -0.4 is 14.2 Å². The third-order valence-corrected chi connectivity index (χ3v) is 6.92. The normalized spacial score (nSPS) is 13.9. The van der Waals surface area contributed by atoms with Crippen molar-refractivity contribution in [1.29, 1.82) is 0 Å². The summed E-state index contributed by atoms with van der Waals surface area (Å²) in [7, 11) is 0. The topological polar surface area (TPSA) is 75.6 Å². The van der Waals surface area contributed by atoms with Crippen LogP contribution in [0.2, 0.25) is 0 Å². The molecule has 38 heavy (non-hydrogen) atoms. The molecule has 5 rings (SSSR count). The van der Waals surface area contributed by atoms with Crippen LogP contribution in [0.15, 0.2) is 61.2 Å². The van der Waals surface area contributed by atoms with Gasteiger partial charge in [0.2, 0.25) is 0 Å². The number of rotatable bonds is 11. The van der Waals surface area contributed by atoms with Gasteiger partial charge in [-0.2, -0.15) is 0 Å². The Balaban J connectivity index is 1.35. The summed E-state index contributed by atoms with van der Waals surface area (Å²) in [4.78, 5) is 13.3. The molecule has 0 radical (unpaired) electrons. The van der Waals surface area contributed by atoms with Crippen LogP contribution in [0.25, 0.3) is 22.0 Å². The first kappa shape index (κ1) is 25.9. The summed E-state index contributed by atoms with van der Waals surface area (Å²) >= 11 is 0. The molecule has 0 atom stereocenters. The van der Waals surface area contributed by atoms with E-state index in [9.17, 15) is 0 Å². The minimum Gasteiger partial charge on any atom is -0.493 e. The summed E-state index contributed by atoms with van der Waals surface area (Å²) in [5.41, 5.74) is 4.70. The van der Waals surface area contributed by atoms with Gasteiger partial charge >= 0.3 is 0 Å². The molecule has 198 valence electrons. The Kier molecular flexibility index (Phi) is 8.66. The maximum absolute atomic E-state index is 6.33. The highest BCUT2D eigenvalue weighted by Crippen LogP contribution is 2.34. The lowest BCUT2D eigenvalue weighted by atomic mass is 10.0. The second kappa shape index (κ2) is 12.7. The van der Waals surface area contributed by atoms with Gasteiger partial charge in [-0.3, -0.25) is 0 Å². The summed E-state index contributed by atoms with van der Waals surface area (Å²) in [6, 6.07) is 14.0. The van der Waals surface area contributed by atoms with E-state index in [-0.39, 0.29) is 0 Å². The lowest BCUT2D eigenvalue weighted by Crippen LogP contribution is -2.21. The minimum absolute atomic E-state index is 0.337. The minimum atomic E-state index is 0.337. The van der Waals surface area contributed by atoms with Crippen LogP contribution in [-0.4, -0.2) is 41.4 Å². The zero-order valence-electron chi connectivity index (χ0n) is 22.2. The molecule has 4 aromatic rings. The average Bonchev–Trinajstić information content (AvgIpc) is 2.97. The summed E-state index contributed by atoms with van der Waals surface area (Å²) in [6.45, 7) is 7.55. The molecule has 7 heteroatoms. The molecule has 1 fully saturated rings. The van der Waals surface area contributed by atoms with Crippen LogP contribution in [0, 0.1) is 12.8 Å². The van der Waals surface area contributed by atoms with E-state index in [2.05, 4.69) is 29.9 Å². The monoisotopic (exact) mass is 513 g/mol. The fraction of sp³-hybridized carbons (Fsp3) is 0.387. The smallest absolute Gasteiger partial charge is 0.133 e. The summed E-state index contributed by atoms with van der Waals surface area (Å²) in [5, 5.41) is 0.979. The lowest BCUT2D eigenvalue weighted by Gasteiger charge is -2.22. The highest BCUT2D eigenvalue weighted by atomic mass is 16.5. The second-order valence-corrected chi connectivity index (χ2v) is 9.70. The predicted octanol–water partition coefficient (Wildman–Crippen LogP) is 6.56. The Morgan fingerprint density at radius 2 is 1.71 bits per heavy atom. The van der Waals surface area contributed by atoms with Gasteiger partial charge in [0.25, 0.3) is 0 Å². The van der Waals surface area contributed by atoms with Crippen molar-refractivity contribution in [3.8, 4) is 28.4 Å². The highest BCUT2D eigenvalue weighted by molar-refractivity contribution is 5.90. The molecular weight excluding hydrogens is 478 g/mol. The first-order valence-corrected chi connectivity index (χ1v) is 13.5. The molecule has 2 aromatic heterocycles. The molecule has 1 aliphatic heterocycles. The molecular formula is C31H35N3O4. The largest absolute Gasteiger partial charge is 0.493 e. The van der Waals surface area contributed by atoms with Gasteiger partial charge in [0, 0.05) is 48.2 Å². The van der Waals surface area contributed by atoms with Crippen LogP contribution in [-0.2, 0) is 11.3 Å². The Bertz CT molecular complexity index is 1340. The number of fused-ring (bicyclic) bond motifs is 1. The van der Waals surface area contributed by atoms with Crippen molar-refractivity contribution in [2.24, 2.45) is 5.92 Å². The predicted molar refractivity (Wildman–Crippen MR) is 148 cm³/mol. The molecule has 0 spiro atoms. The number of aromatic nitrogens is 3. The van der Waals surface area contributed by atoms with Crippen molar-refractivity contribution < 1.29 is 18.9 Å². The van der Waals surface area contributed by atoms with Gasteiger partial charge in [0.05, 0.1) is 24.4 Å². The average molecular weight is 514 g/mol. The summed E-state index contributed by atoms with van der Waals surface area (Å²) < 4.78 is 24.0. The molecule has 0 unspecified atom stereocenters. The zero-order valence-corrected chi connectivity index (χ0v) is 22.2. The molecule has 1 aliphatic rings. The van der Waals surface area contributed by atoms with Gasteiger partial charge < -0.3 is 18.9 Å². The highest BCUT2D eigenvalue weighted by Gasteiger charge is 2.16. The second-order valence-electron chi connectivity index (χ2n) is 9.70. The number of pyridine rings is 1. The van der Waals surface area contributed by atoms with Gasteiger partial charge in [-0.25, -0.2) is 15.0 Å². The Morgan fingerprint density at radius 1 is 0.921 bits per heavy atom. The first-order valence-electron chi connectivity index (χ1n) is 13.5. The van der Waals surface area contributed by atoms with Crippen LogP contribution in [0.4, 0.5) is 0 Å². The van der Waals surface area contributed by atoms with Crippen LogP contribution in [0.5, 0.6) is 17.2 Å². The van der Waals surface area contributed by atoms with Crippen molar-refractivity contribution in [1.82, 2.24) is 15.0 Å². The van der Waals surface area contributed by atoms with E-state index in [0.29, 0.717) is 25.7 Å². The first-order chi connectivity index (χ1) is 18.7. The van der Waals surface area contributed by atoms with E-state index >= 15 is 0 Å². The Hall–Kier alpha value is -3.71. The van der Waals surface area contributed by atoms with Gasteiger partial charge in [-0.15, -0.1) is 0 Å². The third-order valence-electron chi connectivity index (χ3n) is 6.92. The van der Waals surface area contributed by atoms with Gasteiger partial charge in [-0.1, -0.05) is 25.5 Å². The van der Waals surface area contributed by atoms with Crippen molar-refractivity contribution in [3.05, 3.63) is 72.4 Å². The summed E-state index contributed by atoms with van der Waals surface area (Å²) in [6.07, 6.45) is 9.32. The number of hydrogen-bond donors (Lipinski definition) is 0. The molecule has 2 aromatic carbocycles. The van der Waals surface area contributed by atoms with Crippen molar-refractivity contribution in [2.45, 2.75) is 46.1 Å². The molecule has 0 aliphatic carbocycles. The van der Waals surface area contributed by atoms with Crippen molar-refractivity contribution >= 4 is 10.9 Å². The van der Waals surface area contributed by atoms with Crippen LogP contribution >= 0.6 is 0 Å². The Labute approximate surface area is 224 Å². The molecule has 3 heterocycles. The molecule has 0 bridgehead atoms. The molecule has 0 N–H and O–H groups in total.